The van der Waals surface area contributed by atoms with Crippen LogP contribution in [0.3, 0.4) is 0 Å². The molecule has 1 atom stereocenters. The van der Waals surface area contributed by atoms with Crippen LogP contribution in [0.2, 0.25) is 0 Å². The van der Waals surface area contributed by atoms with Crippen LogP contribution < -0.4 is 0 Å². The maximum Gasteiger partial charge on any atom is 0.236 e. The zero-order valence-corrected chi connectivity index (χ0v) is 11.1. The lowest BCUT2D eigenvalue weighted by atomic mass is 10.3. The summed E-state index contributed by atoms with van der Waals surface area (Å²) in [5.41, 5.74) is 0. The van der Waals surface area contributed by atoms with E-state index in [1.165, 1.54) is 0 Å². The average Bonchev–Trinajstić information content (AvgIpc) is 2.99. The SMILES string of the molecule is CC(Br)C(=O)N(Cc1nccn1C)C1CC1. The van der Waals surface area contributed by atoms with E-state index < -0.39 is 0 Å². The van der Waals surface area contributed by atoms with Crippen molar-refractivity contribution in [3.05, 3.63) is 18.2 Å². The average molecular weight is 286 g/mol. The van der Waals surface area contributed by atoms with E-state index in [-0.39, 0.29) is 10.7 Å². The van der Waals surface area contributed by atoms with Crippen molar-refractivity contribution >= 4 is 21.8 Å². The van der Waals surface area contributed by atoms with E-state index in [2.05, 4.69) is 20.9 Å². The summed E-state index contributed by atoms with van der Waals surface area (Å²) in [6.45, 7) is 2.49. The summed E-state index contributed by atoms with van der Waals surface area (Å²) in [6, 6.07) is 0.421. The molecule has 1 saturated carbocycles. The van der Waals surface area contributed by atoms with Crippen LogP contribution in [0.4, 0.5) is 0 Å². The predicted octanol–water partition coefficient (Wildman–Crippen LogP) is 1.69. The minimum atomic E-state index is -0.117. The van der Waals surface area contributed by atoms with Gasteiger partial charge in [0.15, 0.2) is 0 Å². The zero-order chi connectivity index (χ0) is 11.7. The quantitative estimate of drug-likeness (QED) is 0.790. The summed E-state index contributed by atoms with van der Waals surface area (Å²) in [4.78, 5) is 18.1. The van der Waals surface area contributed by atoms with Crippen LogP contribution in [0.25, 0.3) is 0 Å². The van der Waals surface area contributed by atoms with Crippen molar-refractivity contribution in [3.63, 3.8) is 0 Å². The second-order valence-electron chi connectivity index (χ2n) is 4.27. The van der Waals surface area contributed by atoms with E-state index >= 15 is 0 Å². The molecule has 0 N–H and O–H groups in total. The normalized spacial score (nSPS) is 17.2. The number of aromatic nitrogens is 2. The smallest absolute Gasteiger partial charge is 0.236 e. The first-order valence-corrected chi connectivity index (χ1v) is 6.42. The molecule has 2 rings (SSSR count). The lowest BCUT2D eigenvalue weighted by Gasteiger charge is -2.23. The summed E-state index contributed by atoms with van der Waals surface area (Å²) >= 11 is 3.34. The number of halogens is 1. The van der Waals surface area contributed by atoms with Gasteiger partial charge < -0.3 is 9.47 Å². The van der Waals surface area contributed by atoms with Crippen molar-refractivity contribution in [2.45, 2.75) is 37.2 Å². The molecule has 0 spiro atoms. The highest BCUT2D eigenvalue weighted by atomic mass is 79.9. The number of carbonyl (C=O) groups excluding carboxylic acids is 1. The largest absolute Gasteiger partial charge is 0.337 e. The van der Waals surface area contributed by atoms with Crippen molar-refractivity contribution in [1.29, 1.82) is 0 Å². The lowest BCUT2D eigenvalue weighted by Crippen LogP contribution is -2.37. The van der Waals surface area contributed by atoms with Crippen LogP contribution in [-0.4, -0.2) is 31.2 Å². The van der Waals surface area contributed by atoms with Crippen LogP contribution in [0.1, 0.15) is 25.6 Å². The number of imidazole rings is 1. The molecule has 0 radical (unpaired) electrons. The third-order valence-corrected chi connectivity index (χ3v) is 3.24. The van der Waals surface area contributed by atoms with E-state index in [1.807, 2.05) is 29.6 Å². The molecular formula is C11H16BrN3O. The molecule has 1 amide bonds. The number of amides is 1. The highest BCUT2D eigenvalue weighted by Crippen LogP contribution is 2.29. The number of hydrogen-bond acceptors (Lipinski definition) is 2. The van der Waals surface area contributed by atoms with Gasteiger partial charge in [-0.25, -0.2) is 4.98 Å². The first-order chi connectivity index (χ1) is 7.59. The van der Waals surface area contributed by atoms with Crippen LogP contribution in [0.5, 0.6) is 0 Å². The second kappa shape index (κ2) is 4.57. The minimum absolute atomic E-state index is 0.117. The Morgan fingerprint density at radius 1 is 1.75 bits per heavy atom. The van der Waals surface area contributed by atoms with Crippen LogP contribution in [-0.2, 0) is 18.4 Å². The maximum atomic E-state index is 12.0. The van der Waals surface area contributed by atoms with E-state index in [4.69, 9.17) is 0 Å². The van der Waals surface area contributed by atoms with Crippen molar-refractivity contribution in [2.75, 3.05) is 0 Å². The summed E-state index contributed by atoms with van der Waals surface area (Å²) in [7, 11) is 1.95. The van der Waals surface area contributed by atoms with Gasteiger partial charge >= 0.3 is 0 Å². The summed E-state index contributed by atoms with van der Waals surface area (Å²) in [5.74, 6) is 1.10. The van der Waals surface area contributed by atoms with Crippen LogP contribution >= 0.6 is 15.9 Å². The summed E-state index contributed by atoms with van der Waals surface area (Å²) < 4.78 is 1.96. The third kappa shape index (κ3) is 2.45. The molecule has 0 saturated heterocycles. The monoisotopic (exact) mass is 285 g/mol. The van der Waals surface area contributed by atoms with Gasteiger partial charge in [0, 0.05) is 25.5 Å². The standard InChI is InChI=1S/C11H16BrN3O/c1-8(12)11(16)15(9-3-4-9)7-10-13-5-6-14(10)2/h5-6,8-9H,3-4,7H2,1-2H3. The fourth-order valence-electron chi connectivity index (χ4n) is 1.70. The molecule has 4 nitrogen and oxygen atoms in total. The Morgan fingerprint density at radius 3 is 2.88 bits per heavy atom. The summed E-state index contributed by atoms with van der Waals surface area (Å²) in [5, 5.41) is 0. The van der Waals surface area contributed by atoms with Crippen LogP contribution in [0.15, 0.2) is 12.4 Å². The van der Waals surface area contributed by atoms with E-state index in [9.17, 15) is 4.79 Å². The fraction of sp³-hybridized carbons (Fsp3) is 0.636. The topological polar surface area (TPSA) is 38.1 Å². The van der Waals surface area contributed by atoms with Gasteiger partial charge in [0.2, 0.25) is 5.91 Å². The van der Waals surface area contributed by atoms with Crippen molar-refractivity contribution in [1.82, 2.24) is 14.5 Å². The molecule has 1 aromatic rings. The fourth-order valence-corrected chi connectivity index (χ4v) is 1.97. The van der Waals surface area contributed by atoms with Gasteiger partial charge in [0.05, 0.1) is 11.4 Å². The molecule has 0 bridgehead atoms. The third-order valence-electron chi connectivity index (χ3n) is 2.84. The minimum Gasteiger partial charge on any atom is -0.337 e. The molecule has 88 valence electrons. The number of alkyl halides is 1. The molecule has 1 aliphatic rings. The van der Waals surface area contributed by atoms with Gasteiger partial charge in [-0.15, -0.1) is 0 Å². The predicted molar refractivity (Wildman–Crippen MR) is 65.2 cm³/mol. The van der Waals surface area contributed by atoms with Crippen molar-refractivity contribution in [3.8, 4) is 0 Å². The van der Waals surface area contributed by atoms with Crippen LogP contribution in [0, 0.1) is 0 Å². The molecule has 1 aliphatic carbocycles. The molecule has 0 aliphatic heterocycles. The van der Waals surface area contributed by atoms with Gasteiger partial charge in [-0.05, 0) is 19.8 Å². The molecule has 0 aromatic carbocycles. The lowest BCUT2D eigenvalue weighted by molar-refractivity contribution is -0.131. The Morgan fingerprint density at radius 2 is 2.44 bits per heavy atom. The first kappa shape index (κ1) is 11.6. The van der Waals surface area contributed by atoms with Gasteiger partial charge in [-0.2, -0.15) is 0 Å². The molecule has 1 heterocycles. The van der Waals surface area contributed by atoms with Gasteiger partial charge in [-0.1, -0.05) is 15.9 Å². The highest BCUT2D eigenvalue weighted by Gasteiger charge is 2.34. The molecule has 1 fully saturated rings. The number of carbonyl (C=O) groups is 1. The van der Waals surface area contributed by atoms with Crippen molar-refractivity contribution < 1.29 is 4.79 Å². The summed E-state index contributed by atoms with van der Waals surface area (Å²) in [6.07, 6.45) is 5.91. The Kier molecular flexibility index (Phi) is 3.33. The number of aryl methyl sites for hydroxylation is 1. The highest BCUT2D eigenvalue weighted by molar-refractivity contribution is 9.10. The van der Waals surface area contributed by atoms with Gasteiger partial charge in [0.1, 0.15) is 5.82 Å². The molecule has 1 aromatic heterocycles. The Hall–Kier alpha value is -0.840. The number of nitrogens with zero attached hydrogens (tertiary/aromatic N) is 3. The molecule has 1 unspecified atom stereocenters. The Bertz CT molecular complexity index is 384. The first-order valence-electron chi connectivity index (χ1n) is 5.50. The second-order valence-corrected chi connectivity index (χ2v) is 5.64. The van der Waals surface area contributed by atoms with E-state index in [1.54, 1.807) is 6.20 Å². The van der Waals surface area contributed by atoms with Crippen molar-refractivity contribution in [2.24, 2.45) is 7.05 Å². The van der Waals surface area contributed by atoms with Gasteiger partial charge in [-0.3, -0.25) is 4.79 Å². The number of hydrogen-bond donors (Lipinski definition) is 0. The van der Waals surface area contributed by atoms with Gasteiger partial charge in [0.25, 0.3) is 0 Å². The maximum absolute atomic E-state index is 12.0. The van der Waals surface area contributed by atoms with E-state index in [0.29, 0.717) is 12.6 Å². The van der Waals surface area contributed by atoms with E-state index in [0.717, 1.165) is 18.7 Å². The zero-order valence-electron chi connectivity index (χ0n) is 9.56. The molecule has 16 heavy (non-hydrogen) atoms. The Labute approximate surface area is 104 Å². The Balaban J connectivity index is 2.09. The molecular weight excluding hydrogens is 270 g/mol. The number of rotatable bonds is 4. The molecule has 5 heteroatoms.